The van der Waals surface area contributed by atoms with E-state index in [-0.39, 0.29) is 0 Å². The Labute approximate surface area is 48.3 Å². The van der Waals surface area contributed by atoms with E-state index in [1.807, 2.05) is 0 Å². The van der Waals surface area contributed by atoms with Crippen LogP contribution in [0.1, 0.15) is 19.8 Å². The fourth-order valence-electron chi connectivity index (χ4n) is 0.594. The highest BCUT2D eigenvalue weighted by atomic mass is 32.2. The van der Waals surface area contributed by atoms with E-state index < -0.39 is 0 Å². The van der Waals surface area contributed by atoms with Gasteiger partial charge in [-0.1, -0.05) is 0 Å². The molecule has 0 fully saturated rings. The molecule has 0 atom stereocenters. The lowest BCUT2D eigenvalue weighted by Gasteiger charge is -2.03. The second kappa shape index (κ2) is 2.36. The first kappa shape index (κ1) is 5.16. The maximum Gasteiger partial charge on any atom is 0.0231 e. The number of hydrogen-bond donors (Lipinski definition) is 0. The molecule has 0 aromatic heterocycles. The average molecular weight is 115 g/mol. The van der Waals surface area contributed by atoms with Crippen molar-refractivity contribution in [1.82, 2.24) is 0 Å². The lowest BCUT2D eigenvalue weighted by atomic mass is 10.2. The summed E-state index contributed by atoms with van der Waals surface area (Å²) in [7, 11) is 0. The van der Waals surface area contributed by atoms with E-state index >= 15 is 0 Å². The minimum atomic E-state index is 1.22. The molecule has 0 spiro atoms. The van der Waals surface area contributed by atoms with Crippen LogP contribution >= 0.6 is 11.9 Å². The Hall–Kier alpha value is 0.0200. The molecule has 2 heteroatoms. The summed E-state index contributed by atoms with van der Waals surface area (Å²) in [6, 6.07) is 0. The molecule has 1 aliphatic heterocycles. The number of nitrogens with zero attached hydrogens (tertiary/aromatic N) is 1. The normalized spacial score (nSPS) is 21.6. The van der Waals surface area contributed by atoms with Crippen molar-refractivity contribution in [3.05, 3.63) is 0 Å². The van der Waals surface area contributed by atoms with Gasteiger partial charge in [-0.15, -0.1) is 0 Å². The van der Waals surface area contributed by atoms with Crippen LogP contribution in [-0.4, -0.2) is 11.5 Å². The SMILES string of the molecule is CC1=NSCCC1. The first-order chi connectivity index (χ1) is 3.39. The molecule has 0 aliphatic carbocycles. The van der Waals surface area contributed by atoms with Crippen LogP contribution in [-0.2, 0) is 0 Å². The molecule has 1 heterocycles. The average Bonchev–Trinajstić information content (AvgIpc) is 1.69. The zero-order valence-electron chi connectivity index (χ0n) is 4.48. The van der Waals surface area contributed by atoms with Crippen LogP contribution in [0.2, 0.25) is 0 Å². The molecule has 0 bridgehead atoms. The molecular weight excluding hydrogens is 106 g/mol. The van der Waals surface area contributed by atoms with Crippen molar-refractivity contribution >= 4 is 17.7 Å². The van der Waals surface area contributed by atoms with E-state index in [4.69, 9.17) is 0 Å². The van der Waals surface area contributed by atoms with Gasteiger partial charge in [0.1, 0.15) is 0 Å². The second-order valence-electron chi connectivity index (χ2n) is 1.76. The van der Waals surface area contributed by atoms with Gasteiger partial charge in [0.05, 0.1) is 0 Å². The fourth-order valence-corrected chi connectivity index (χ4v) is 1.27. The molecule has 1 nitrogen and oxygen atoms in total. The Kier molecular flexibility index (Phi) is 1.74. The summed E-state index contributed by atoms with van der Waals surface area (Å²) in [6.07, 6.45) is 2.53. The largest absolute Gasteiger partial charge is 0.226 e. The summed E-state index contributed by atoms with van der Waals surface area (Å²) >= 11 is 1.69. The minimum absolute atomic E-state index is 1.22. The molecule has 1 rings (SSSR count). The topological polar surface area (TPSA) is 12.4 Å². The molecule has 0 radical (unpaired) electrons. The van der Waals surface area contributed by atoms with Gasteiger partial charge in [-0.2, -0.15) is 0 Å². The Bertz CT molecular complexity index is 88.1. The highest BCUT2D eigenvalue weighted by Gasteiger charge is 1.97. The Morgan fingerprint density at radius 1 is 1.71 bits per heavy atom. The Morgan fingerprint density at radius 2 is 2.57 bits per heavy atom. The van der Waals surface area contributed by atoms with Crippen molar-refractivity contribution in [2.24, 2.45) is 4.40 Å². The third kappa shape index (κ3) is 1.51. The highest BCUT2D eigenvalue weighted by molar-refractivity contribution is 7.98. The van der Waals surface area contributed by atoms with Crippen LogP contribution in [0.25, 0.3) is 0 Å². The van der Waals surface area contributed by atoms with Crippen molar-refractivity contribution in [2.75, 3.05) is 5.75 Å². The standard InChI is InChI=1S/C5H9NS/c1-5-3-2-4-7-6-5/h2-4H2,1H3. The molecule has 0 aromatic rings. The van der Waals surface area contributed by atoms with Gasteiger partial charge in [0.2, 0.25) is 0 Å². The lowest BCUT2D eigenvalue weighted by Crippen LogP contribution is -1.95. The predicted octanol–water partition coefficient (Wildman–Crippen LogP) is 1.89. The van der Waals surface area contributed by atoms with Crippen LogP contribution < -0.4 is 0 Å². The van der Waals surface area contributed by atoms with Crippen LogP contribution in [0.4, 0.5) is 0 Å². The maximum absolute atomic E-state index is 4.16. The molecule has 0 saturated heterocycles. The van der Waals surface area contributed by atoms with Crippen molar-refractivity contribution in [3.8, 4) is 0 Å². The van der Waals surface area contributed by atoms with Crippen LogP contribution in [0.3, 0.4) is 0 Å². The Balaban J connectivity index is 2.40. The van der Waals surface area contributed by atoms with Crippen molar-refractivity contribution in [2.45, 2.75) is 19.8 Å². The van der Waals surface area contributed by atoms with E-state index in [0.717, 1.165) is 0 Å². The first-order valence-corrected chi connectivity index (χ1v) is 3.49. The van der Waals surface area contributed by atoms with Gasteiger partial charge in [-0.05, 0) is 31.7 Å². The molecule has 0 unspecified atom stereocenters. The summed E-state index contributed by atoms with van der Waals surface area (Å²) in [5.41, 5.74) is 1.30. The number of rotatable bonds is 0. The number of hydrogen-bond acceptors (Lipinski definition) is 2. The van der Waals surface area contributed by atoms with Gasteiger partial charge in [-0.3, -0.25) is 0 Å². The molecular formula is C5H9NS. The van der Waals surface area contributed by atoms with Crippen LogP contribution in [0.5, 0.6) is 0 Å². The summed E-state index contributed by atoms with van der Waals surface area (Å²) < 4.78 is 4.16. The lowest BCUT2D eigenvalue weighted by molar-refractivity contribution is 0.992. The molecule has 0 aromatic carbocycles. The second-order valence-corrected chi connectivity index (χ2v) is 2.61. The molecule has 1 aliphatic rings. The Morgan fingerprint density at radius 3 is 2.86 bits per heavy atom. The molecule has 40 valence electrons. The van der Waals surface area contributed by atoms with Gasteiger partial charge in [0, 0.05) is 11.5 Å². The summed E-state index contributed by atoms with van der Waals surface area (Å²) in [6.45, 7) is 2.09. The summed E-state index contributed by atoms with van der Waals surface area (Å²) in [5.74, 6) is 1.22. The van der Waals surface area contributed by atoms with Crippen molar-refractivity contribution < 1.29 is 0 Å². The predicted molar refractivity (Wildman–Crippen MR) is 34.8 cm³/mol. The van der Waals surface area contributed by atoms with E-state index in [0.29, 0.717) is 0 Å². The summed E-state index contributed by atoms with van der Waals surface area (Å²) in [5, 5.41) is 0. The van der Waals surface area contributed by atoms with E-state index in [1.165, 1.54) is 24.3 Å². The van der Waals surface area contributed by atoms with Crippen molar-refractivity contribution in [1.29, 1.82) is 0 Å². The fraction of sp³-hybridized carbons (Fsp3) is 0.800. The molecule has 7 heavy (non-hydrogen) atoms. The van der Waals surface area contributed by atoms with E-state index in [1.54, 1.807) is 11.9 Å². The maximum atomic E-state index is 4.16. The van der Waals surface area contributed by atoms with E-state index in [9.17, 15) is 0 Å². The van der Waals surface area contributed by atoms with Gasteiger partial charge < -0.3 is 0 Å². The third-order valence-electron chi connectivity index (χ3n) is 0.995. The zero-order valence-corrected chi connectivity index (χ0v) is 5.29. The van der Waals surface area contributed by atoms with Crippen LogP contribution in [0.15, 0.2) is 4.40 Å². The van der Waals surface area contributed by atoms with Crippen LogP contribution in [0, 0.1) is 0 Å². The smallest absolute Gasteiger partial charge is 0.0231 e. The van der Waals surface area contributed by atoms with Gasteiger partial charge in [0.15, 0.2) is 0 Å². The van der Waals surface area contributed by atoms with Gasteiger partial charge in [-0.25, -0.2) is 4.40 Å². The first-order valence-electron chi connectivity index (χ1n) is 2.55. The van der Waals surface area contributed by atoms with Crippen molar-refractivity contribution in [3.63, 3.8) is 0 Å². The minimum Gasteiger partial charge on any atom is -0.226 e. The molecule has 0 saturated carbocycles. The third-order valence-corrected chi connectivity index (χ3v) is 1.91. The van der Waals surface area contributed by atoms with Gasteiger partial charge >= 0.3 is 0 Å². The molecule has 0 N–H and O–H groups in total. The molecule has 0 amide bonds. The zero-order chi connectivity index (χ0) is 5.11. The quantitative estimate of drug-likeness (QED) is 0.439. The monoisotopic (exact) mass is 115 g/mol. The van der Waals surface area contributed by atoms with Gasteiger partial charge in [0.25, 0.3) is 0 Å². The summed E-state index contributed by atoms with van der Waals surface area (Å²) in [4.78, 5) is 0. The van der Waals surface area contributed by atoms with E-state index in [2.05, 4.69) is 11.3 Å². The highest BCUT2D eigenvalue weighted by Crippen LogP contribution is 2.13.